The van der Waals surface area contributed by atoms with Crippen LogP contribution < -0.4 is 5.32 Å². The smallest absolute Gasteiger partial charge is 0.227 e. The van der Waals surface area contributed by atoms with Crippen LogP contribution in [0.25, 0.3) is 0 Å². The molecule has 1 amide bonds. The Bertz CT molecular complexity index is 605. The van der Waals surface area contributed by atoms with Crippen molar-refractivity contribution in [1.82, 2.24) is 5.32 Å². The fraction of sp³-hybridized carbons (Fsp3) is 0.312. The second kappa shape index (κ2) is 6.10. The third kappa shape index (κ3) is 2.96. The molecule has 2 aromatic rings. The molecule has 1 heterocycles. The molecule has 0 saturated carbocycles. The number of halogens is 1. The summed E-state index contributed by atoms with van der Waals surface area (Å²) in [6, 6.07) is 10.2. The molecule has 0 saturated heterocycles. The lowest BCUT2D eigenvalue weighted by Gasteiger charge is -2.21. The van der Waals surface area contributed by atoms with Gasteiger partial charge in [-0.2, -0.15) is 0 Å². The van der Waals surface area contributed by atoms with Gasteiger partial charge >= 0.3 is 0 Å². The third-order valence-corrected chi connectivity index (χ3v) is 5.27. The highest BCUT2D eigenvalue weighted by Crippen LogP contribution is 2.35. The molecule has 3 rings (SSSR count). The fourth-order valence-corrected chi connectivity index (χ4v) is 3.93. The van der Waals surface area contributed by atoms with E-state index in [0.717, 1.165) is 29.3 Å². The van der Waals surface area contributed by atoms with Crippen LogP contribution in [0.2, 0.25) is 0 Å². The van der Waals surface area contributed by atoms with E-state index in [-0.39, 0.29) is 11.8 Å². The zero-order valence-electron chi connectivity index (χ0n) is 11.1. The predicted molar refractivity (Wildman–Crippen MR) is 86.0 cm³/mol. The molecular formula is C16H16BrNOS. The summed E-state index contributed by atoms with van der Waals surface area (Å²) < 4.78 is 1.06. The van der Waals surface area contributed by atoms with E-state index in [9.17, 15) is 4.79 Å². The molecule has 1 aliphatic rings. The largest absolute Gasteiger partial charge is 0.351 e. The van der Waals surface area contributed by atoms with Gasteiger partial charge in [-0.15, -0.1) is 11.3 Å². The molecule has 104 valence electrons. The molecule has 0 fully saturated rings. The van der Waals surface area contributed by atoms with Crippen LogP contribution in [0.1, 0.15) is 34.8 Å². The number of nitrogens with one attached hydrogen (secondary N) is 1. The first-order valence-corrected chi connectivity index (χ1v) is 8.50. The number of thiophene rings is 1. The number of aryl methyl sites for hydroxylation is 1. The molecule has 1 aromatic heterocycles. The quantitative estimate of drug-likeness (QED) is 0.881. The van der Waals surface area contributed by atoms with Crippen molar-refractivity contribution in [3.8, 4) is 0 Å². The van der Waals surface area contributed by atoms with Crippen molar-refractivity contribution in [3.63, 3.8) is 0 Å². The molecule has 1 N–H and O–H groups in total. The first-order valence-electron chi connectivity index (χ1n) is 6.82. The summed E-state index contributed by atoms with van der Waals surface area (Å²) in [7, 11) is 0. The molecule has 0 spiro atoms. The summed E-state index contributed by atoms with van der Waals surface area (Å²) in [5, 5.41) is 5.17. The van der Waals surface area contributed by atoms with Gasteiger partial charge in [0.05, 0.1) is 5.92 Å². The number of hydrogen-bond acceptors (Lipinski definition) is 2. The molecular weight excluding hydrogens is 334 g/mol. The van der Waals surface area contributed by atoms with Crippen molar-refractivity contribution in [2.45, 2.75) is 31.7 Å². The van der Waals surface area contributed by atoms with E-state index in [1.54, 1.807) is 11.3 Å². The van der Waals surface area contributed by atoms with Gasteiger partial charge in [-0.3, -0.25) is 4.79 Å². The summed E-state index contributed by atoms with van der Waals surface area (Å²) in [4.78, 5) is 13.8. The molecule has 0 radical (unpaired) electrons. The number of fused-ring (bicyclic) bond motifs is 1. The maximum absolute atomic E-state index is 12.4. The Balaban J connectivity index is 1.64. The van der Waals surface area contributed by atoms with E-state index in [2.05, 4.69) is 32.7 Å². The van der Waals surface area contributed by atoms with Crippen LogP contribution in [0.4, 0.5) is 0 Å². The Morgan fingerprint density at radius 1 is 1.30 bits per heavy atom. The van der Waals surface area contributed by atoms with E-state index in [4.69, 9.17) is 0 Å². The molecule has 1 aliphatic carbocycles. The lowest BCUT2D eigenvalue weighted by Crippen LogP contribution is -2.30. The predicted octanol–water partition coefficient (Wildman–Crippen LogP) is 4.25. The van der Waals surface area contributed by atoms with Gasteiger partial charge in [-0.05, 0) is 54.0 Å². The number of rotatable bonds is 3. The second-order valence-electron chi connectivity index (χ2n) is 5.09. The Hall–Kier alpha value is -1.13. The zero-order valence-corrected chi connectivity index (χ0v) is 13.5. The van der Waals surface area contributed by atoms with Crippen LogP contribution >= 0.6 is 27.3 Å². The highest BCUT2D eigenvalue weighted by atomic mass is 79.9. The topological polar surface area (TPSA) is 29.1 Å². The molecule has 1 unspecified atom stereocenters. The van der Waals surface area contributed by atoms with Gasteiger partial charge in [0, 0.05) is 15.9 Å². The van der Waals surface area contributed by atoms with Gasteiger partial charge in [0.1, 0.15) is 0 Å². The minimum Gasteiger partial charge on any atom is -0.351 e. The average Bonchev–Trinajstić information content (AvgIpc) is 2.94. The van der Waals surface area contributed by atoms with Gasteiger partial charge in [0.2, 0.25) is 5.91 Å². The van der Waals surface area contributed by atoms with Crippen LogP contribution in [0.15, 0.2) is 40.2 Å². The summed E-state index contributed by atoms with van der Waals surface area (Å²) in [6.45, 7) is 0.599. The maximum atomic E-state index is 12.4. The molecule has 0 aliphatic heterocycles. The standard InChI is InChI=1S/C16H16BrNOS/c17-12-6-4-11(5-7-12)10-18-16(19)14-2-1-3-15-13(14)8-9-20-15/h4-9,14H,1-3,10H2,(H,18,19). The van der Waals surface area contributed by atoms with Crippen LogP contribution in [0.3, 0.4) is 0 Å². The van der Waals surface area contributed by atoms with Crippen LogP contribution in [-0.2, 0) is 17.8 Å². The summed E-state index contributed by atoms with van der Waals surface area (Å²) >= 11 is 5.19. The van der Waals surface area contributed by atoms with Crippen molar-refractivity contribution >= 4 is 33.2 Å². The van der Waals surface area contributed by atoms with E-state index < -0.39 is 0 Å². The van der Waals surface area contributed by atoms with E-state index in [0.29, 0.717) is 6.54 Å². The van der Waals surface area contributed by atoms with Crippen molar-refractivity contribution < 1.29 is 4.79 Å². The highest BCUT2D eigenvalue weighted by molar-refractivity contribution is 9.10. The lowest BCUT2D eigenvalue weighted by atomic mass is 9.87. The van der Waals surface area contributed by atoms with Crippen molar-refractivity contribution in [1.29, 1.82) is 0 Å². The van der Waals surface area contributed by atoms with E-state index in [1.165, 1.54) is 10.4 Å². The van der Waals surface area contributed by atoms with E-state index >= 15 is 0 Å². The molecule has 4 heteroatoms. The Morgan fingerprint density at radius 3 is 2.90 bits per heavy atom. The molecule has 2 nitrogen and oxygen atoms in total. The average molecular weight is 350 g/mol. The minimum atomic E-state index is 0.0421. The van der Waals surface area contributed by atoms with Crippen LogP contribution in [0.5, 0.6) is 0 Å². The van der Waals surface area contributed by atoms with Gasteiger partial charge in [0.25, 0.3) is 0 Å². The monoisotopic (exact) mass is 349 g/mol. The Labute approximate surface area is 131 Å². The summed E-state index contributed by atoms with van der Waals surface area (Å²) in [6.07, 6.45) is 3.21. The summed E-state index contributed by atoms with van der Waals surface area (Å²) in [5.74, 6) is 0.202. The normalized spacial score (nSPS) is 17.6. The minimum absolute atomic E-state index is 0.0421. The number of carbonyl (C=O) groups excluding carboxylic acids is 1. The fourth-order valence-electron chi connectivity index (χ4n) is 2.67. The van der Waals surface area contributed by atoms with Crippen LogP contribution in [0, 0.1) is 0 Å². The van der Waals surface area contributed by atoms with Gasteiger partial charge < -0.3 is 5.32 Å². The SMILES string of the molecule is O=C(NCc1ccc(Br)cc1)C1CCCc2sccc21. The number of benzene rings is 1. The molecule has 1 aromatic carbocycles. The summed E-state index contributed by atoms with van der Waals surface area (Å²) in [5.41, 5.74) is 2.37. The lowest BCUT2D eigenvalue weighted by molar-refractivity contribution is -0.123. The Morgan fingerprint density at radius 2 is 2.10 bits per heavy atom. The molecule has 20 heavy (non-hydrogen) atoms. The van der Waals surface area contributed by atoms with Gasteiger partial charge in [-0.25, -0.2) is 0 Å². The zero-order chi connectivity index (χ0) is 13.9. The number of hydrogen-bond donors (Lipinski definition) is 1. The second-order valence-corrected chi connectivity index (χ2v) is 7.00. The molecule has 0 bridgehead atoms. The number of amides is 1. The number of carbonyl (C=O) groups is 1. The van der Waals surface area contributed by atoms with Crippen molar-refractivity contribution in [3.05, 3.63) is 56.2 Å². The van der Waals surface area contributed by atoms with Crippen LogP contribution in [-0.4, -0.2) is 5.91 Å². The van der Waals surface area contributed by atoms with Crippen molar-refractivity contribution in [2.24, 2.45) is 0 Å². The Kier molecular flexibility index (Phi) is 4.22. The molecule has 1 atom stereocenters. The maximum Gasteiger partial charge on any atom is 0.227 e. The van der Waals surface area contributed by atoms with Crippen molar-refractivity contribution in [2.75, 3.05) is 0 Å². The van der Waals surface area contributed by atoms with Gasteiger partial charge in [0.15, 0.2) is 0 Å². The first kappa shape index (κ1) is 13.8. The van der Waals surface area contributed by atoms with Gasteiger partial charge in [-0.1, -0.05) is 28.1 Å². The highest BCUT2D eigenvalue weighted by Gasteiger charge is 2.26. The van der Waals surface area contributed by atoms with E-state index in [1.807, 2.05) is 24.3 Å². The third-order valence-electron chi connectivity index (χ3n) is 3.75. The first-order chi connectivity index (χ1) is 9.74.